The van der Waals surface area contributed by atoms with Crippen LogP contribution in [0.3, 0.4) is 0 Å². The lowest BCUT2D eigenvalue weighted by molar-refractivity contribution is -0.143. The third-order valence-electron chi connectivity index (χ3n) is 2.58. The largest absolute Gasteiger partial charge is 0.469 e. The van der Waals surface area contributed by atoms with Crippen LogP contribution >= 0.6 is 0 Å². The van der Waals surface area contributed by atoms with Crippen LogP contribution in [0.2, 0.25) is 0 Å². The Morgan fingerprint density at radius 3 is 2.78 bits per heavy atom. The average molecular weight is 258 g/mol. The summed E-state index contributed by atoms with van der Waals surface area (Å²) in [5, 5.41) is 15.4. The first-order chi connectivity index (χ1) is 8.58. The number of aliphatic hydroxyl groups is 1. The fourth-order valence-electron chi connectivity index (χ4n) is 1.66. The maximum absolute atomic E-state index is 11.5. The van der Waals surface area contributed by atoms with Crippen molar-refractivity contribution in [2.45, 2.75) is 19.1 Å². The van der Waals surface area contributed by atoms with Crippen LogP contribution in [0, 0.1) is 0 Å². The van der Waals surface area contributed by atoms with Crippen molar-refractivity contribution in [1.82, 2.24) is 10.6 Å². The number of methoxy groups -OCH3 is 2. The lowest BCUT2D eigenvalue weighted by atomic mass is 10.1. The van der Waals surface area contributed by atoms with Gasteiger partial charge < -0.3 is 25.2 Å². The minimum atomic E-state index is -1.08. The van der Waals surface area contributed by atoms with Gasteiger partial charge in [-0.25, -0.2) is 4.79 Å². The van der Waals surface area contributed by atoms with Crippen molar-refractivity contribution in [3.63, 3.8) is 0 Å². The maximum Gasteiger partial charge on any atom is 0.336 e. The second-order valence-electron chi connectivity index (χ2n) is 3.82. The van der Waals surface area contributed by atoms with Crippen molar-refractivity contribution in [2.75, 3.05) is 27.3 Å². The number of ether oxygens (including phenoxy) is 2. The predicted octanol–water partition coefficient (Wildman–Crippen LogP) is -1.12. The molecule has 0 saturated heterocycles. The highest BCUT2D eigenvalue weighted by molar-refractivity contribution is 5.89. The van der Waals surface area contributed by atoms with E-state index in [1.165, 1.54) is 14.2 Å². The van der Waals surface area contributed by atoms with Crippen molar-refractivity contribution >= 4 is 11.9 Å². The minimum absolute atomic E-state index is 0.179. The smallest absolute Gasteiger partial charge is 0.336 e. The number of carbonyl (C=O) groups is 2. The molecule has 1 heterocycles. The number of carbonyl (C=O) groups excluding carboxylic acids is 2. The van der Waals surface area contributed by atoms with Crippen LogP contribution in [0.4, 0.5) is 0 Å². The van der Waals surface area contributed by atoms with Gasteiger partial charge in [0.15, 0.2) is 0 Å². The lowest BCUT2D eigenvalue weighted by Crippen LogP contribution is -2.38. The summed E-state index contributed by atoms with van der Waals surface area (Å²) in [5.74, 6) is -0.973. The van der Waals surface area contributed by atoms with Crippen LogP contribution in [0.15, 0.2) is 11.3 Å². The number of hydrogen-bond donors (Lipinski definition) is 3. The number of hydrogen-bond acceptors (Lipinski definition) is 7. The Morgan fingerprint density at radius 2 is 2.17 bits per heavy atom. The highest BCUT2D eigenvalue weighted by atomic mass is 16.5. The van der Waals surface area contributed by atoms with Gasteiger partial charge in [0.1, 0.15) is 6.23 Å². The zero-order valence-electron chi connectivity index (χ0n) is 10.5. The zero-order valence-corrected chi connectivity index (χ0v) is 10.5. The summed E-state index contributed by atoms with van der Waals surface area (Å²) in [4.78, 5) is 22.5. The van der Waals surface area contributed by atoms with E-state index in [2.05, 4.69) is 20.1 Å². The van der Waals surface area contributed by atoms with Crippen LogP contribution in [0.5, 0.6) is 0 Å². The van der Waals surface area contributed by atoms with E-state index in [4.69, 9.17) is 0 Å². The molecule has 7 nitrogen and oxygen atoms in total. The van der Waals surface area contributed by atoms with Crippen LogP contribution in [-0.2, 0) is 19.1 Å². The summed E-state index contributed by atoms with van der Waals surface area (Å²) >= 11 is 0. The van der Waals surface area contributed by atoms with E-state index in [1.807, 2.05) is 0 Å². The van der Waals surface area contributed by atoms with E-state index in [-0.39, 0.29) is 6.42 Å². The second kappa shape index (κ2) is 6.97. The Bertz CT molecular complexity index is 353. The molecule has 0 aliphatic carbocycles. The first-order valence-corrected chi connectivity index (χ1v) is 5.61. The Hall–Kier alpha value is -1.60. The van der Waals surface area contributed by atoms with E-state index in [0.717, 1.165) is 0 Å². The summed E-state index contributed by atoms with van der Waals surface area (Å²) in [6, 6.07) is 0. The molecule has 1 aliphatic rings. The summed E-state index contributed by atoms with van der Waals surface area (Å²) < 4.78 is 9.10. The molecule has 18 heavy (non-hydrogen) atoms. The molecule has 0 aromatic heterocycles. The minimum Gasteiger partial charge on any atom is -0.469 e. The molecular weight excluding hydrogens is 240 g/mol. The molecule has 0 spiro atoms. The predicted molar refractivity (Wildman–Crippen MR) is 62.3 cm³/mol. The quantitative estimate of drug-likeness (QED) is 0.424. The fourth-order valence-corrected chi connectivity index (χ4v) is 1.66. The Labute approximate surface area is 105 Å². The van der Waals surface area contributed by atoms with Gasteiger partial charge in [0.2, 0.25) is 0 Å². The molecule has 0 aromatic carbocycles. The van der Waals surface area contributed by atoms with Gasteiger partial charge in [0.25, 0.3) is 0 Å². The van der Waals surface area contributed by atoms with Gasteiger partial charge in [0, 0.05) is 25.2 Å². The highest BCUT2D eigenvalue weighted by Gasteiger charge is 2.21. The van der Waals surface area contributed by atoms with Gasteiger partial charge in [-0.3, -0.25) is 4.79 Å². The summed E-state index contributed by atoms with van der Waals surface area (Å²) in [6.45, 7) is 1.06. The average Bonchev–Trinajstić information content (AvgIpc) is 2.38. The Balaban J connectivity index is 2.68. The zero-order chi connectivity index (χ0) is 13.5. The molecule has 0 fully saturated rings. The molecule has 1 atom stereocenters. The normalized spacial score (nSPS) is 17.1. The van der Waals surface area contributed by atoms with Crippen LogP contribution in [0.25, 0.3) is 0 Å². The van der Waals surface area contributed by atoms with E-state index in [9.17, 15) is 14.7 Å². The number of rotatable bonds is 5. The topological polar surface area (TPSA) is 96.9 Å². The molecule has 0 amide bonds. The fraction of sp³-hybridized carbons (Fsp3) is 0.636. The van der Waals surface area contributed by atoms with Crippen molar-refractivity contribution in [1.29, 1.82) is 0 Å². The first kappa shape index (κ1) is 14.5. The standard InChI is InChI=1S/C11H18N2O5/c1-17-10(15)5-9(14)13-8-3-4-12-6-7(8)11(16)18-2/h9,12-14H,3-6H2,1-2H3. The SMILES string of the molecule is COC(=O)CC(O)NC1=C(C(=O)OC)CNCC1. The molecule has 7 heteroatoms. The highest BCUT2D eigenvalue weighted by Crippen LogP contribution is 2.12. The molecular formula is C11H18N2O5. The van der Waals surface area contributed by atoms with Crippen LogP contribution in [-0.4, -0.2) is 50.6 Å². The van der Waals surface area contributed by atoms with E-state index in [1.54, 1.807) is 0 Å². The summed E-state index contributed by atoms with van der Waals surface area (Å²) in [7, 11) is 2.55. The number of aliphatic hydroxyl groups excluding tert-OH is 1. The number of nitrogens with one attached hydrogen (secondary N) is 2. The molecule has 1 aliphatic heterocycles. The molecule has 102 valence electrons. The van der Waals surface area contributed by atoms with Crippen molar-refractivity contribution in [2.24, 2.45) is 0 Å². The van der Waals surface area contributed by atoms with Gasteiger partial charge in [-0.05, 0) is 0 Å². The van der Waals surface area contributed by atoms with Crippen molar-refractivity contribution < 1.29 is 24.2 Å². The molecule has 1 rings (SSSR count). The Kier molecular flexibility index (Phi) is 5.60. The van der Waals surface area contributed by atoms with Gasteiger partial charge in [0.05, 0.1) is 26.2 Å². The van der Waals surface area contributed by atoms with Crippen molar-refractivity contribution in [3.8, 4) is 0 Å². The van der Waals surface area contributed by atoms with Gasteiger partial charge in [-0.1, -0.05) is 0 Å². The lowest BCUT2D eigenvalue weighted by Gasteiger charge is -2.23. The molecule has 0 radical (unpaired) electrons. The van der Waals surface area contributed by atoms with Gasteiger partial charge >= 0.3 is 11.9 Å². The third-order valence-corrected chi connectivity index (χ3v) is 2.58. The molecule has 0 saturated carbocycles. The molecule has 0 bridgehead atoms. The summed E-state index contributed by atoms with van der Waals surface area (Å²) in [5.41, 5.74) is 1.03. The van der Waals surface area contributed by atoms with E-state index < -0.39 is 18.2 Å². The second-order valence-corrected chi connectivity index (χ2v) is 3.82. The Morgan fingerprint density at radius 1 is 1.44 bits per heavy atom. The molecule has 1 unspecified atom stereocenters. The van der Waals surface area contributed by atoms with Crippen LogP contribution < -0.4 is 10.6 Å². The van der Waals surface area contributed by atoms with Gasteiger partial charge in [-0.2, -0.15) is 0 Å². The van der Waals surface area contributed by atoms with Crippen LogP contribution in [0.1, 0.15) is 12.8 Å². The maximum atomic E-state index is 11.5. The van der Waals surface area contributed by atoms with E-state index >= 15 is 0 Å². The molecule has 3 N–H and O–H groups in total. The van der Waals surface area contributed by atoms with Gasteiger partial charge in [-0.15, -0.1) is 0 Å². The summed E-state index contributed by atoms with van der Waals surface area (Å²) in [6.07, 6.45) is -0.699. The number of esters is 2. The van der Waals surface area contributed by atoms with Crippen molar-refractivity contribution in [3.05, 3.63) is 11.3 Å². The van der Waals surface area contributed by atoms with E-state index in [0.29, 0.717) is 30.8 Å². The first-order valence-electron chi connectivity index (χ1n) is 5.61. The third kappa shape index (κ3) is 4.01. The monoisotopic (exact) mass is 258 g/mol. The molecule has 0 aromatic rings.